The van der Waals surface area contributed by atoms with E-state index in [1.165, 1.54) is 0 Å². The molecule has 1 fully saturated rings. The van der Waals surface area contributed by atoms with Gasteiger partial charge in [-0.2, -0.15) is 5.10 Å². The molecule has 1 aromatic carbocycles. The summed E-state index contributed by atoms with van der Waals surface area (Å²) in [5, 5.41) is 10.7. The van der Waals surface area contributed by atoms with Crippen molar-refractivity contribution in [3.05, 3.63) is 48.8 Å². The fourth-order valence-corrected chi connectivity index (χ4v) is 3.84. The van der Waals surface area contributed by atoms with Crippen LogP contribution in [-0.2, 0) is 0 Å². The number of nitrogens with two attached hydrogens (primary N) is 1. The molecule has 2 amide bonds. The molecule has 0 aliphatic carbocycles. The molecule has 0 bridgehead atoms. The van der Waals surface area contributed by atoms with Gasteiger partial charge in [0.05, 0.1) is 11.2 Å². The number of carbonyl (C=O) groups excluding carboxylic acids is 1. The highest BCUT2D eigenvalue weighted by Crippen LogP contribution is 2.29. The lowest BCUT2D eigenvalue weighted by molar-refractivity contribution is 0.195. The molecule has 30 heavy (non-hydrogen) atoms. The van der Waals surface area contributed by atoms with E-state index in [9.17, 15) is 4.79 Å². The number of fused-ring (bicyclic) bond motifs is 1. The van der Waals surface area contributed by atoms with Gasteiger partial charge in [0.25, 0.3) is 0 Å². The van der Waals surface area contributed by atoms with Gasteiger partial charge in [-0.05, 0) is 36.8 Å². The number of hydrogen-bond donors (Lipinski definition) is 3. The summed E-state index contributed by atoms with van der Waals surface area (Å²) in [4.78, 5) is 16.3. The lowest BCUT2D eigenvalue weighted by Crippen LogP contribution is -2.51. The number of urea groups is 1. The van der Waals surface area contributed by atoms with Gasteiger partial charge in [-0.15, -0.1) is 0 Å². The van der Waals surface area contributed by atoms with E-state index in [2.05, 4.69) is 63.2 Å². The average Bonchev–Trinajstić information content (AvgIpc) is 3.23. The minimum Gasteiger partial charge on any atom is -0.384 e. The first-order valence-electron chi connectivity index (χ1n) is 10.5. The van der Waals surface area contributed by atoms with Crippen LogP contribution in [0.15, 0.2) is 48.8 Å². The second-order valence-electron chi connectivity index (χ2n) is 7.38. The van der Waals surface area contributed by atoms with Gasteiger partial charge in [0, 0.05) is 69.5 Å². The Labute approximate surface area is 176 Å². The maximum absolute atomic E-state index is 12.1. The first-order chi connectivity index (χ1) is 14.7. The lowest BCUT2D eigenvalue weighted by Gasteiger charge is -2.36. The Balaban J connectivity index is 1.52. The first kappa shape index (κ1) is 20.0. The molecule has 3 heterocycles. The van der Waals surface area contributed by atoms with E-state index in [4.69, 9.17) is 5.73 Å². The third kappa shape index (κ3) is 4.18. The Hall–Kier alpha value is -3.26. The molecule has 0 atom stereocenters. The monoisotopic (exact) mass is 407 g/mol. The van der Waals surface area contributed by atoms with Crippen LogP contribution >= 0.6 is 0 Å². The summed E-state index contributed by atoms with van der Waals surface area (Å²) in [5.74, 6) is 0. The zero-order valence-electron chi connectivity index (χ0n) is 17.3. The molecule has 0 unspecified atom stereocenters. The minimum absolute atomic E-state index is 0.0198. The number of anilines is 2. The summed E-state index contributed by atoms with van der Waals surface area (Å²) < 4.78 is 1.93. The Morgan fingerprint density at radius 2 is 1.87 bits per heavy atom. The fraction of sp³-hybridized carbons (Fsp3) is 0.364. The van der Waals surface area contributed by atoms with Crippen LogP contribution in [0.3, 0.4) is 0 Å². The Bertz CT molecular complexity index is 990. The molecule has 158 valence electrons. The van der Waals surface area contributed by atoms with Crippen LogP contribution in [0.1, 0.15) is 6.92 Å². The van der Waals surface area contributed by atoms with Gasteiger partial charge in [0.2, 0.25) is 0 Å². The van der Waals surface area contributed by atoms with Crippen molar-refractivity contribution in [3.63, 3.8) is 0 Å². The van der Waals surface area contributed by atoms with Gasteiger partial charge in [-0.1, -0.05) is 12.1 Å². The van der Waals surface area contributed by atoms with Crippen molar-refractivity contribution < 1.29 is 4.79 Å². The summed E-state index contributed by atoms with van der Waals surface area (Å²) in [5.41, 5.74) is 11.1. The maximum Gasteiger partial charge on any atom is 0.317 e. The largest absolute Gasteiger partial charge is 0.384 e. The van der Waals surface area contributed by atoms with Crippen LogP contribution < -0.4 is 21.3 Å². The number of nitrogens with one attached hydrogen (secondary N) is 2. The van der Waals surface area contributed by atoms with E-state index >= 15 is 0 Å². The summed E-state index contributed by atoms with van der Waals surface area (Å²) in [6.07, 6.45) is 3.90. The molecule has 0 saturated carbocycles. The normalized spacial score (nSPS) is 14.2. The number of piperazine rings is 1. The fourth-order valence-electron chi connectivity index (χ4n) is 3.84. The lowest BCUT2D eigenvalue weighted by atomic mass is 10.1. The van der Waals surface area contributed by atoms with Gasteiger partial charge in [0.15, 0.2) is 0 Å². The number of amides is 2. The van der Waals surface area contributed by atoms with Crippen molar-refractivity contribution in [1.82, 2.24) is 19.8 Å². The molecular formula is C22H29N7O. The number of benzene rings is 1. The SMILES string of the molecule is CCNC(=O)N1CCN(c2ccnn3cc(-c4ccc(NCCN)cc4)cc23)CC1. The second kappa shape index (κ2) is 9.04. The third-order valence-electron chi connectivity index (χ3n) is 5.41. The van der Waals surface area contributed by atoms with E-state index in [1.54, 1.807) is 0 Å². The Morgan fingerprint density at radius 3 is 2.57 bits per heavy atom. The second-order valence-corrected chi connectivity index (χ2v) is 7.38. The molecule has 4 N–H and O–H groups in total. The molecule has 3 aromatic rings. The summed E-state index contributed by atoms with van der Waals surface area (Å²) in [7, 11) is 0. The van der Waals surface area contributed by atoms with Gasteiger partial charge in [0.1, 0.15) is 0 Å². The molecular weight excluding hydrogens is 378 g/mol. The minimum atomic E-state index is 0.0198. The van der Waals surface area contributed by atoms with Crippen LogP contribution in [0.2, 0.25) is 0 Å². The average molecular weight is 408 g/mol. The zero-order chi connectivity index (χ0) is 20.9. The van der Waals surface area contributed by atoms with Gasteiger partial charge in [-0.3, -0.25) is 0 Å². The number of rotatable bonds is 6. The van der Waals surface area contributed by atoms with Gasteiger partial charge in [-0.25, -0.2) is 9.31 Å². The van der Waals surface area contributed by atoms with Crippen LogP contribution in [-0.4, -0.2) is 66.4 Å². The zero-order valence-corrected chi connectivity index (χ0v) is 17.3. The smallest absolute Gasteiger partial charge is 0.317 e. The van der Waals surface area contributed by atoms with Crippen molar-refractivity contribution in [2.24, 2.45) is 5.73 Å². The molecule has 1 saturated heterocycles. The maximum atomic E-state index is 12.1. The van der Waals surface area contributed by atoms with Crippen molar-refractivity contribution in [2.45, 2.75) is 6.92 Å². The number of aromatic nitrogens is 2. The first-order valence-corrected chi connectivity index (χ1v) is 10.5. The van der Waals surface area contributed by atoms with Gasteiger partial charge < -0.3 is 26.2 Å². The van der Waals surface area contributed by atoms with Crippen LogP contribution in [0.25, 0.3) is 16.6 Å². The van der Waals surface area contributed by atoms with Crippen molar-refractivity contribution >= 4 is 22.9 Å². The highest BCUT2D eigenvalue weighted by Gasteiger charge is 2.22. The van der Waals surface area contributed by atoms with Crippen molar-refractivity contribution in [2.75, 3.05) is 56.0 Å². The van der Waals surface area contributed by atoms with Crippen LogP contribution in [0, 0.1) is 0 Å². The molecule has 2 aromatic heterocycles. The highest BCUT2D eigenvalue weighted by molar-refractivity contribution is 5.80. The van der Waals surface area contributed by atoms with E-state index in [0.29, 0.717) is 26.2 Å². The van der Waals surface area contributed by atoms with E-state index < -0.39 is 0 Å². The molecule has 1 aliphatic heterocycles. The highest BCUT2D eigenvalue weighted by atomic mass is 16.2. The van der Waals surface area contributed by atoms with Crippen molar-refractivity contribution in [3.8, 4) is 11.1 Å². The predicted octanol–water partition coefficient (Wildman–Crippen LogP) is 2.22. The molecule has 8 heteroatoms. The van der Waals surface area contributed by atoms with Crippen molar-refractivity contribution in [1.29, 1.82) is 0 Å². The van der Waals surface area contributed by atoms with Crippen LogP contribution in [0.5, 0.6) is 0 Å². The Kier molecular flexibility index (Phi) is 6.04. The summed E-state index contributed by atoms with van der Waals surface area (Å²) in [6.45, 7) is 7.00. The van der Waals surface area contributed by atoms with Gasteiger partial charge >= 0.3 is 6.03 Å². The Morgan fingerprint density at radius 1 is 1.10 bits per heavy atom. The summed E-state index contributed by atoms with van der Waals surface area (Å²) in [6, 6.07) is 12.6. The van der Waals surface area contributed by atoms with E-state index in [-0.39, 0.29) is 6.03 Å². The summed E-state index contributed by atoms with van der Waals surface area (Å²) >= 11 is 0. The van der Waals surface area contributed by atoms with E-state index in [1.807, 2.05) is 22.5 Å². The molecule has 8 nitrogen and oxygen atoms in total. The number of carbonyl (C=O) groups is 1. The number of nitrogens with zero attached hydrogens (tertiary/aromatic N) is 4. The topological polar surface area (TPSA) is 90.9 Å². The van der Waals surface area contributed by atoms with Crippen LogP contribution in [0.4, 0.5) is 16.2 Å². The quantitative estimate of drug-likeness (QED) is 0.583. The standard InChI is InChI=1S/C22H29N7O/c1-2-24-22(30)28-13-11-27(12-14-28)20-7-9-26-29-16-18(15-21(20)29)17-3-5-19(6-4-17)25-10-8-23/h3-7,9,15-16,25H,2,8,10-14,23H2,1H3,(H,24,30). The molecule has 1 aliphatic rings. The molecule has 4 rings (SSSR count). The number of hydrogen-bond acceptors (Lipinski definition) is 5. The van der Waals surface area contributed by atoms with E-state index in [0.717, 1.165) is 47.7 Å². The predicted molar refractivity (Wildman–Crippen MR) is 121 cm³/mol. The third-order valence-corrected chi connectivity index (χ3v) is 5.41. The molecule has 0 spiro atoms. The molecule has 0 radical (unpaired) electrons.